The number of aromatic nitrogens is 6. The Morgan fingerprint density at radius 2 is 1.87 bits per heavy atom. The van der Waals surface area contributed by atoms with Crippen LogP contribution in [0.25, 0.3) is 5.65 Å². The van der Waals surface area contributed by atoms with E-state index in [4.69, 9.17) is 0 Å². The molecule has 7 nitrogen and oxygen atoms in total. The van der Waals surface area contributed by atoms with Gasteiger partial charge in [0.05, 0.1) is 11.4 Å². The van der Waals surface area contributed by atoms with Crippen LogP contribution in [0.1, 0.15) is 42.7 Å². The summed E-state index contributed by atoms with van der Waals surface area (Å²) in [5.41, 5.74) is 4.67. The average molecular weight is 311 g/mol. The van der Waals surface area contributed by atoms with Crippen LogP contribution in [0.5, 0.6) is 0 Å². The smallest absolute Gasteiger partial charge is 0.200 e. The van der Waals surface area contributed by atoms with E-state index in [1.807, 2.05) is 26.0 Å². The van der Waals surface area contributed by atoms with Gasteiger partial charge in [-0.3, -0.25) is 0 Å². The van der Waals surface area contributed by atoms with Gasteiger partial charge < -0.3 is 5.32 Å². The molecule has 0 saturated carbocycles. The van der Waals surface area contributed by atoms with E-state index in [1.165, 1.54) is 0 Å². The molecule has 0 radical (unpaired) electrons. The minimum atomic E-state index is 0.338. The molecule has 0 aliphatic heterocycles. The molecule has 1 N–H and O–H groups in total. The van der Waals surface area contributed by atoms with Gasteiger partial charge in [0.2, 0.25) is 5.65 Å². The van der Waals surface area contributed by atoms with Crippen molar-refractivity contribution in [1.82, 2.24) is 29.8 Å². The fraction of sp³-hybridized carbons (Fsp3) is 0.438. The van der Waals surface area contributed by atoms with Crippen LogP contribution < -0.4 is 5.32 Å². The third-order valence-electron chi connectivity index (χ3n) is 3.57. The van der Waals surface area contributed by atoms with E-state index in [1.54, 1.807) is 10.8 Å². The number of fused-ring (bicyclic) bond motifs is 1. The third-order valence-corrected chi connectivity index (χ3v) is 3.57. The van der Waals surface area contributed by atoms with Gasteiger partial charge in [-0.1, -0.05) is 13.8 Å². The van der Waals surface area contributed by atoms with E-state index < -0.39 is 0 Å². The Morgan fingerprint density at radius 3 is 2.57 bits per heavy atom. The fourth-order valence-corrected chi connectivity index (χ4v) is 2.48. The summed E-state index contributed by atoms with van der Waals surface area (Å²) in [5, 5.41) is 16.0. The van der Waals surface area contributed by atoms with Gasteiger partial charge in [-0.15, -0.1) is 10.2 Å². The first kappa shape index (κ1) is 15.3. The lowest BCUT2D eigenvalue weighted by Gasteiger charge is -2.11. The second-order valence-corrected chi connectivity index (χ2v) is 5.98. The molecule has 0 amide bonds. The molecule has 0 aliphatic rings. The van der Waals surface area contributed by atoms with Crippen molar-refractivity contribution in [3.63, 3.8) is 0 Å². The second-order valence-electron chi connectivity index (χ2n) is 5.98. The third kappa shape index (κ3) is 3.44. The topological polar surface area (TPSA) is 80.9 Å². The van der Waals surface area contributed by atoms with Crippen molar-refractivity contribution in [3.8, 4) is 0 Å². The number of nitrogens with one attached hydrogen (secondary N) is 1. The Bertz CT molecular complexity index is 802. The molecule has 7 heteroatoms. The first-order chi connectivity index (χ1) is 11.0. The summed E-state index contributed by atoms with van der Waals surface area (Å²) in [6, 6.07) is 4.02. The van der Waals surface area contributed by atoms with E-state index in [0.29, 0.717) is 5.92 Å². The molecular formula is C16H21N7. The number of rotatable bonds is 5. The predicted octanol–water partition coefficient (Wildman–Crippen LogP) is 2.31. The highest BCUT2D eigenvalue weighted by atomic mass is 15.3. The fourth-order valence-electron chi connectivity index (χ4n) is 2.48. The van der Waals surface area contributed by atoms with E-state index in [0.717, 1.165) is 47.2 Å². The van der Waals surface area contributed by atoms with Crippen molar-refractivity contribution in [2.24, 2.45) is 0 Å². The van der Waals surface area contributed by atoms with Gasteiger partial charge >= 0.3 is 0 Å². The van der Waals surface area contributed by atoms with Gasteiger partial charge in [-0.05, 0) is 31.9 Å². The maximum atomic E-state index is 4.51. The van der Waals surface area contributed by atoms with Gasteiger partial charge in [0.1, 0.15) is 12.2 Å². The lowest BCUT2D eigenvalue weighted by atomic mass is 10.1. The van der Waals surface area contributed by atoms with E-state index in [-0.39, 0.29) is 0 Å². The maximum absolute atomic E-state index is 4.51. The SMILES string of the molecule is Cc1cc(C)nc(CCNc2cc(C(C)C)nn3cnnc23)n1. The second kappa shape index (κ2) is 6.28. The van der Waals surface area contributed by atoms with Crippen LogP contribution in [0.2, 0.25) is 0 Å². The average Bonchev–Trinajstić information content (AvgIpc) is 2.94. The molecule has 23 heavy (non-hydrogen) atoms. The van der Waals surface area contributed by atoms with Crippen LogP contribution in [0.15, 0.2) is 18.5 Å². The van der Waals surface area contributed by atoms with Crippen LogP contribution in [-0.4, -0.2) is 36.3 Å². The summed E-state index contributed by atoms with van der Waals surface area (Å²) < 4.78 is 1.71. The van der Waals surface area contributed by atoms with Crippen molar-refractivity contribution < 1.29 is 0 Å². The number of anilines is 1. The summed E-state index contributed by atoms with van der Waals surface area (Å²) in [5.74, 6) is 1.19. The molecule has 3 aromatic rings. The summed E-state index contributed by atoms with van der Waals surface area (Å²) in [6.07, 6.45) is 2.38. The molecule has 3 heterocycles. The Hall–Kier alpha value is -2.57. The summed E-state index contributed by atoms with van der Waals surface area (Å²) in [6.45, 7) is 8.94. The van der Waals surface area contributed by atoms with Crippen molar-refractivity contribution in [1.29, 1.82) is 0 Å². The molecule has 0 fully saturated rings. The summed E-state index contributed by atoms with van der Waals surface area (Å²) in [4.78, 5) is 8.93. The summed E-state index contributed by atoms with van der Waals surface area (Å²) in [7, 11) is 0. The van der Waals surface area contributed by atoms with Crippen molar-refractivity contribution in [3.05, 3.63) is 41.4 Å². The first-order valence-electron chi connectivity index (χ1n) is 7.79. The highest BCUT2D eigenvalue weighted by molar-refractivity contribution is 5.66. The van der Waals surface area contributed by atoms with Gasteiger partial charge in [0.25, 0.3) is 0 Å². The quantitative estimate of drug-likeness (QED) is 0.779. The van der Waals surface area contributed by atoms with Gasteiger partial charge in [0, 0.05) is 24.4 Å². The lowest BCUT2D eigenvalue weighted by molar-refractivity contribution is 0.762. The highest BCUT2D eigenvalue weighted by Crippen LogP contribution is 2.19. The Morgan fingerprint density at radius 1 is 1.13 bits per heavy atom. The van der Waals surface area contributed by atoms with E-state index >= 15 is 0 Å². The predicted molar refractivity (Wildman–Crippen MR) is 88.6 cm³/mol. The number of nitrogens with zero attached hydrogens (tertiary/aromatic N) is 6. The van der Waals surface area contributed by atoms with Crippen LogP contribution in [0, 0.1) is 13.8 Å². The lowest BCUT2D eigenvalue weighted by Crippen LogP contribution is -2.11. The molecule has 0 atom stereocenters. The molecule has 0 spiro atoms. The molecule has 3 aromatic heterocycles. The standard InChI is InChI=1S/C16H21N7/c1-10(2)13-8-14(16-21-18-9-23(16)22-13)17-6-5-15-19-11(3)7-12(4)20-15/h7-10,17H,5-6H2,1-4H3. The van der Waals surface area contributed by atoms with Crippen LogP contribution in [0.3, 0.4) is 0 Å². The number of hydrogen-bond donors (Lipinski definition) is 1. The minimum Gasteiger partial charge on any atom is -0.381 e. The zero-order valence-corrected chi connectivity index (χ0v) is 13.9. The zero-order valence-electron chi connectivity index (χ0n) is 13.9. The van der Waals surface area contributed by atoms with E-state index in [9.17, 15) is 0 Å². The highest BCUT2D eigenvalue weighted by Gasteiger charge is 2.10. The molecule has 3 rings (SSSR count). The monoisotopic (exact) mass is 311 g/mol. The van der Waals surface area contributed by atoms with Crippen molar-refractivity contribution in [2.45, 2.75) is 40.0 Å². The first-order valence-corrected chi connectivity index (χ1v) is 7.79. The largest absolute Gasteiger partial charge is 0.381 e. The Kier molecular flexibility index (Phi) is 4.18. The number of aryl methyl sites for hydroxylation is 2. The molecule has 0 aromatic carbocycles. The normalized spacial score (nSPS) is 11.3. The number of hydrogen-bond acceptors (Lipinski definition) is 6. The zero-order chi connectivity index (χ0) is 16.4. The molecule has 0 unspecified atom stereocenters. The van der Waals surface area contributed by atoms with Gasteiger partial charge in [-0.25, -0.2) is 9.97 Å². The van der Waals surface area contributed by atoms with Crippen LogP contribution in [-0.2, 0) is 6.42 Å². The molecule has 0 saturated heterocycles. The van der Waals surface area contributed by atoms with Crippen molar-refractivity contribution in [2.75, 3.05) is 11.9 Å². The molecule has 0 bridgehead atoms. The summed E-state index contributed by atoms with van der Waals surface area (Å²) >= 11 is 0. The Balaban J connectivity index is 1.77. The minimum absolute atomic E-state index is 0.338. The van der Waals surface area contributed by atoms with Crippen LogP contribution in [0.4, 0.5) is 5.69 Å². The maximum Gasteiger partial charge on any atom is 0.200 e. The molecule has 0 aliphatic carbocycles. The van der Waals surface area contributed by atoms with Crippen molar-refractivity contribution >= 4 is 11.3 Å². The van der Waals surface area contributed by atoms with Gasteiger partial charge in [0.15, 0.2) is 0 Å². The molecular weight excluding hydrogens is 290 g/mol. The van der Waals surface area contributed by atoms with Crippen LogP contribution >= 0.6 is 0 Å². The van der Waals surface area contributed by atoms with E-state index in [2.05, 4.69) is 44.4 Å². The molecule has 120 valence electrons. The Labute approximate surface area is 135 Å². The van der Waals surface area contributed by atoms with Gasteiger partial charge in [-0.2, -0.15) is 9.61 Å².